The quantitative estimate of drug-likeness (QED) is 0.356. The average molecular weight is 485 g/mol. The van der Waals surface area contributed by atoms with Gasteiger partial charge < -0.3 is 24.7 Å². The summed E-state index contributed by atoms with van der Waals surface area (Å²) in [6.45, 7) is 10.7. The third-order valence-corrected chi connectivity index (χ3v) is 6.47. The Morgan fingerprint density at radius 2 is 2.12 bits per heavy atom. The summed E-state index contributed by atoms with van der Waals surface area (Å²) >= 11 is 6.67. The second kappa shape index (κ2) is 9.64. The first kappa shape index (κ1) is 24.0. The van der Waals surface area contributed by atoms with Gasteiger partial charge in [0.2, 0.25) is 5.91 Å². The Bertz CT molecular complexity index is 1280. The number of cyclic esters (lactones) is 1. The number of benzene rings is 1. The summed E-state index contributed by atoms with van der Waals surface area (Å²) in [5.41, 5.74) is 1.74. The fourth-order valence-corrected chi connectivity index (χ4v) is 4.47. The van der Waals surface area contributed by atoms with Gasteiger partial charge in [0.25, 0.3) is 0 Å². The molecule has 3 aromatic rings. The minimum atomic E-state index is -0.825. The van der Waals surface area contributed by atoms with Crippen LogP contribution in [-0.2, 0) is 14.3 Å². The maximum atomic E-state index is 13.1. The number of amides is 1. The van der Waals surface area contributed by atoms with E-state index in [0.29, 0.717) is 34.2 Å². The van der Waals surface area contributed by atoms with Gasteiger partial charge in [-0.05, 0) is 44.6 Å². The first-order chi connectivity index (χ1) is 16.2. The van der Waals surface area contributed by atoms with Gasteiger partial charge in [0.05, 0.1) is 28.7 Å². The SMILES string of the molecule is CCN(CC)CCOc1c(Cl)cc2c([nH]c3cnccc32)c1NC(=O)/C=C1\CC(=O)OC1(C)C. The zero-order valence-electron chi connectivity index (χ0n) is 19.8. The lowest BCUT2D eigenvalue weighted by atomic mass is 9.97. The second-order valence-electron chi connectivity index (χ2n) is 8.73. The normalized spacial score (nSPS) is 16.5. The highest BCUT2D eigenvalue weighted by Crippen LogP contribution is 2.42. The summed E-state index contributed by atoms with van der Waals surface area (Å²) in [6, 6.07) is 3.73. The van der Waals surface area contributed by atoms with Crippen LogP contribution >= 0.6 is 11.6 Å². The number of fused-ring (bicyclic) bond motifs is 3. The van der Waals surface area contributed by atoms with Crippen LogP contribution in [0.15, 0.2) is 36.2 Å². The molecule has 1 aromatic carbocycles. The van der Waals surface area contributed by atoms with Crippen molar-refractivity contribution in [2.75, 3.05) is 31.6 Å². The standard InChI is InChI=1S/C25H29ClN4O4/c1-5-30(6-2)9-10-33-24-18(26)13-17-16-7-8-27-14-19(16)28-22(17)23(24)29-20(31)11-15-12-21(32)34-25(15,3)4/h7-8,11,13-14,28H,5-6,9-10,12H2,1-4H3,(H,29,31)/b15-11+. The molecule has 0 saturated carbocycles. The van der Waals surface area contributed by atoms with E-state index in [0.717, 1.165) is 35.9 Å². The number of H-pyrrole nitrogens is 1. The van der Waals surface area contributed by atoms with E-state index in [-0.39, 0.29) is 12.4 Å². The summed E-state index contributed by atoms with van der Waals surface area (Å²) in [5, 5.41) is 5.12. The van der Waals surface area contributed by atoms with Crippen molar-refractivity contribution in [2.45, 2.75) is 39.7 Å². The molecule has 1 saturated heterocycles. The van der Waals surface area contributed by atoms with E-state index in [4.69, 9.17) is 21.1 Å². The second-order valence-corrected chi connectivity index (χ2v) is 9.13. The summed E-state index contributed by atoms with van der Waals surface area (Å²) < 4.78 is 11.4. The van der Waals surface area contributed by atoms with Gasteiger partial charge in [-0.3, -0.25) is 14.6 Å². The van der Waals surface area contributed by atoms with Gasteiger partial charge in [0.15, 0.2) is 5.75 Å². The summed E-state index contributed by atoms with van der Waals surface area (Å²) in [6.07, 6.45) is 4.93. The van der Waals surface area contributed by atoms with Crippen LogP contribution in [0.3, 0.4) is 0 Å². The number of halogens is 1. The molecule has 0 spiro atoms. The van der Waals surface area contributed by atoms with Crippen LogP contribution in [0.4, 0.5) is 5.69 Å². The van der Waals surface area contributed by atoms with Gasteiger partial charge in [-0.25, -0.2) is 0 Å². The molecule has 1 aliphatic rings. The number of hydrogen-bond acceptors (Lipinski definition) is 6. The lowest BCUT2D eigenvalue weighted by molar-refractivity contribution is -0.145. The summed E-state index contributed by atoms with van der Waals surface area (Å²) in [5.74, 6) is -0.348. The number of rotatable bonds is 8. The van der Waals surface area contributed by atoms with Crippen molar-refractivity contribution < 1.29 is 19.1 Å². The molecule has 1 fully saturated rings. The van der Waals surface area contributed by atoms with E-state index in [1.807, 2.05) is 12.1 Å². The molecule has 0 radical (unpaired) electrons. The molecule has 9 heteroatoms. The van der Waals surface area contributed by atoms with Crippen LogP contribution in [0.2, 0.25) is 5.02 Å². The molecule has 180 valence electrons. The third kappa shape index (κ3) is 4.74. The maximum absolute atomic E-state index is 13.1. The molecule has 34 heavy (non-hydrogen) atoms. The molecule has 8 nitrogen and oxygen atoms in total. The number of esters is 1. The van der Waals surface area contributed by atoms with Crippen molar-refractivity contribution in [2.24, 2.45) is 0 Å². The van der Waals surface area contributed by atoms with Crippen molar-refractivity contribution in [1.82, 2.24) is 14.9 Å². The van der Waals surface area contributed by atoms with Crippen LogP contribution in [0.1, 0.15) is 34.1 Å². The molecule has 4 rings (SSSR count). The molecule has 1 amide bonds. The molecule has 0 aliphatic carbocycles. The van der Waals surface area contributed by atoms with E-state index in [9.17, 15) is 9.59 Å². The summed E-state index contributed by atoms with van der Waals surface area (Å²) in [4.78, 5) is 34.6. The van der Waals surface area contributed by atoms with Gasteiger partial charge in [-0.1, -0.05) is 25.4 Å². The lowest BCUT2D eigenvalue weighted by Crippen LogP contribution is -2.28. The minimum absolute atomic E-state index is 0.0800. The number of likely N-dealkylation sites (N-methyl/N-ethyl adjacent to an activating group) is 1. The molecule has 1 aliphatic heterocycles. The van der Waals surface area contributed by atoms with Gasteiger partial charge in [0, 0.05) is 29.6 Å². The van der Waals surface area contributed by atoms with Gasteiger partial charge >= 0.3 is 5.97 Å². The van der Waals surface area contributed by atoms with E-state index in [2.05, 4.69) is 34.0 Å². The van der Waals surface area contributed by atoms with Gasteiger partial charge in [0.1, 0.15) is 17.9 Å². The Morgan fingerprint density at radius 1 is 1.35 bits per heavy atom. The number of aromatic amines is 1. The molecule has 3 heterocycles. The van der Waals surface area contributed by atoms with Crippen molar-refractivity contribution in [1.29, 1.82) is 0 Å². The Balaban J connectivity index is 1.74. The predicted molar refractivity (Wildman–Crippen MR) is 133 cm³/mol. The van der Waals surface area contributed by atoms with Crippen LogP contribution in [0.25, 0.3) is 21.8 Å². The molecular formula is C25H29ClN4O4. The topological polar surface area (TPSA) is 96.5 Å². The van der Waals surface area contributed by atoms with Crippen molar-refractivity contribution >= 4 is 51.0 Å². The Morgan fingerprint density at radius 3 is 2.79 bits per heavy atom. The smallest absolute Gasteiger partial charge is 0.310 e. The number of pyridine rings is 1. The minimum Gasteiger partial charge on any atom is -0.488 e. The van der Waals surface area contributed by atoms with Crippen LogP contribution in [0.5, 0.6) is 5.75 Å². The van der Waals surface area contributed by atoms with Gasteiger partial charge in [-0.2, -0.15) is 0 Å². The van der Waals surface area contributed by atoms with E-state index < -0.39 is 11.5 Å². The fraction of sp³-hybridized carbons (Fsp3) is 0.400. The predicted octanol–water partition coefficient (Wildman–Crippen LogP) is 4.68. The van der Waals surface area contributed by atoms with Gasteiger partial charge in [-0.15, -0.1) is 0 Å². The first-order valence-electron chi connectivity index (χ1n) is 11.4. The number of nitrogens with one attached hydrogen (secondary N) is 2. The Labute approximate surface area is 203 Å². The van der Waals surface area contributed by atoms with E-state index in [1.54, 1.807) is 26.2 Å². The molecular weight excluding hydrogens is 456 g/mol. The molecule has 2 aromatic heterocycles. The zero-order chi connectivity index (χ0) is 24.5. The van der Waals surface area contributed by atoms with E-state index >= 15 is 0 Å². The van der Waals surface area contributed by atoms with Crippen molar-refractivity contribution in [3.63, 3.8) is 0 Å². The van der Waals surface area contributed by atoms with Crippen molar-refractivity contribution in [3.05, 3.63) is 41.2 Å². The number of nitrogens with zero attached hydrogens (tertiary/aromatic N) is 2. The van der Waals surface area contributed by atoms with Crippen LogP contribution < -0.4 is 10.1 Å². The number of carbonyl (C=O) groups excluding carboxylic acids is 2. The highest BCUT2D eigenvalue weighted by Gasteiger charge is 2.36. The number of ether oxygens (including phenoxy) is 2. The molecule has 0 bridgehead atoms. The fourth-order valence-electron chi connectivity index (χ4n) is 4.21. The van der Waals surface area contributed by atoms with E-state index in [1.165, 1.54) is 6.08 Å². The number of aromatic nitrogens is 2. The number of carbonyl (C=O) groups is 2. The van der Waals surface area contributed by atoms with Crippen molar-refractivity contribution in [3.8, 4) is 5.75 Å². The third-order valence-electron chi connectivity index (χ3n) is 6.18. The Hall–Kier alpha value is -3.10. The average Bonchev–Trinajstić information content (AvgIpc) is 3.28. The highest BCUT2D eigenvalue weighted by molar-refractivity contribution is 6.35. The number of hydrogen-bond donors (Lipinski definition) is 2. The van der Waals surface area contributed by atoms with Crippen LogP contribution in [-0.4, -0.2) is 58.6 Å². The number of anilines is 1. The highest BCUT2D eigenvalue weighted by atomic mass is 35.5. The first-order valence-corrected chi connectivity index (χ1v) is 11.8. The zero-order valence-corrected chi connectivity index (χ0v) is 20.6. The maximum Gasteiger partial charge on any atom is 0.310 e. The lowest BCUT2D eigenvalue weighted by Gasteiger charge is -2.20. The summed E-state index contributed by atoms with van der Waals surface area (Å²) in [7, 11) is 0. The molecule has 0 unspecified atom stereocenters. The van der Waals surface area contributed by atoms with Crippen LogP contribution in [0, 0.1) is 0 Å². The molecule has 2 N–H and O–H groups in total. The largest absolute Gasteiger partial charge is 0.488 e. The molecule has 0 atom stereocenters. The Kier molecular flexibility index (Phi) is 6.81. The monoisotopic (exact) mass is 484 g/mol.